The number of fused-ring (bicyclic) bond motifs is 1. The summed E-state index contributed by atoms with van der Waals surface area (Å²) in [6.45, 7) is 6.31. The molecule has 0 radical (unpaired) electrons. The van der Waals surface area contributed by atoms with Crippen molar-refractivity contribution in [3.63, 3.8) is 0 Å². The zero-order valence-electron chi connectivity index (χ0n) is 15.5. The normalized spacial score (nSPS) is 19.3. The van der Waals surface area contributed by atoms with Crippen LogP contribution in [0.4, 0.5) is 0 Å². The van der Waals surface area contributed by atoms with Crippen LogP contribution < -0.4 is 10.6 Å². The lowest BCUT2D eigenvalue weighted by Gasteiger charge is -2.35. The number of benzene rings is 1. The number of aliphatic imine (C=N–C) groups is 1. The first-order chi connectivity index (χ1) is 12.3. The number of piperidine rings is 1. The monoisotopic (exact) mass is 341 g/mol. The summed E-state index contributed by atoms with van der Waals surface area (Å²) < 4.78 is 0. The van der Waals surface area contributed by atoms with E-state index in [4.69, 9.17) is 0 Å². The van der Waals surface area contributed by atoms with Gasteiger partial charge >= 0.3 is 0 Å². The number of aromatic nitrogens is 1. The van der Waals surface area contributed by atoms with E-state index in [9.17, 15) is 0 Å². The van der Waals surface area contributed by atoms with Gasteiger partial charge in [0.15, 0.2) is 5.96 Å². The zero-order valence-corrected chi connectivity index (χ0v) is 15.5. The van der Waals surface area contributed by atoms with Crippen LogP contribution in [0.2, 0.25) is 0 Å². The highest BCUT2D eigenvalue weighted by Gasteiger charge is 2.19. The summed E-state index contributed by atoms with van der Waals surface area (Å²) in [5.41, 5.74) is 2.35. The standard InChI is InChI=1S/C20H31N5/c1-3-18-9-6-7-12-25(18)13-11-22-20(21-2)23-15-17-14-16-8-4-5-10-19(16)24-17/h4-5,8,10,14,18,24H,3,6-7,9,11-13,15H2,1-2H3,(H2,21,22,23). The van der Waals surface area contributed by atoms with Crippen molar-refractivity contribution in [2.75, 3.05) is 26.7 Å². The molecular formula is C20H31N5. The number of likely N-dealkylation sites (tertiary alicyclic amines) is 1. The first kappa shape index (κ1) is 17.8. The summed E-state index contributed by atoms with van der Waals surface area (Å²) in [5.74, 6) is 0.865. The number of hydrogen-bond donors (Lipinski definition) is 3. The summed E-state index contributed by atoms with van der Waals surface area (Å²) in [5, 5.41) is 8.10. The van der Waals surface area contributed by atoms with Crippen molar-refractivity contribution in [1.82, 2.24) is 20.5 Å². The van der Waals surface area contributed by atoms with Crippen LogP contribution in [-0.4, -0.2) is 48.6 Å². The largest absolute Gasteiger partial charge is 0.357 e. The highest BCUT2D eigenvalue weighted by molar-refractivity contribution is 5.81. The molecule has 5 heteroatoms. The molecule has 1 aliphatic heterocycles. The average Bonchev–Trinajstić information content (AvgIpc) is 3.07. The Bertz CT molecular complexity index is 657. The molecule has 3 rings (SSSR count). The highest BCUT2D eigenvalue weighted by atomic mass is 15.2. The second-order valence-electron chi connectivity index (χ2n) is 6.83. The van der Waals surface area contributed by atoms with Crippen molar-refractivity contribution < 1.29 is 0 Å². The molecule has 1 aromatic heterocycles. The number of nitrogens with zero attached hydrogens (tertiary/aromatic N) is 2. The van der Waals surface area contributed by atoms with Crippen LogP contribution in [0.1, 0.15) is 38.3 Å². The number of hydrogen-bond acceptors (Lipinski definition) is 2. The first-order valence-electron chi connectivity index (χ1n) is 9.55. The molecule has 1 aliphatic rings. The van der Waals surface area contributed by atoms with E-state index in [0.717, 1.165) is 31.6 Å². The summed E-state index contributed by atoms with van der Waals surface area (Å²) >= 11 is 0. The molecular weight excluding hydrogens is 310 g/mol. The van der Waals surface area contributed by atoms with Gasteiger partial charge in [-0.15, -0.1) is 0 Å². The smallest absolute Gasteiger partial charge is 0.191 e. The van der Waals surface area contributed by atoms with Gasteiger partial charge in [-0.2, -0.15) is 0 Å². The molecule has 2 heterocycles. The molecule has 0 aliphatic carbocycles. The number of aromatic amines is 1. The van der Waals surface area contributed by atoms with E-state index in [2.05, 4.69) is 62.8 Å². The Morgan fingerprint density at radius 1 is 1.28 bits per heavy atom. The van der Waals surface area contributed by atoms with Gasteiger partial charge in [0.05, 0.1) is 6.54 Å². The van der Waals surface area contributed by atoms with Gasteiger partial charge < -0.3 is 15.6 Å². The average molecular weight is 342 g/mol. The predicted octanol–water partition coefficient (Wildman–Crippen LogP) is 3.10. The van der Waals surface area contributed by atoms with Crippen LogP contribution in [0.25, 0.3) is 10.9 Å². The van der Waals surface area contributed by atoms with Crippen molar-refractivity contribution in [2.24, 2.45) is 4.99 Å². The molecule has 1 fully saturated rings. The predicted molar refractivity (Wildman–Crippen MR) is 106 cm³/mol. The van der Waals surface area contributed by atoms with E-state index in [1.54, 1.807) is 0 Å². The maximum Gasteiger partial charge on any atom is 0.191 e. The van der Waals surface area contributed by atoms with E-state index in [0.29, 0.717) is 0 Å². The molecule has 25 heavy (non-hydrogen) atoms. The van der Waals surface area contributed by atoms with E-state index < -0.39 is 0 Å². The molecule has 0 bridgehead atoms. The van der Waals surface area contributed by atoms with Crippen molar-refractivity contribution >= 4 is 16.9 Å². The van der Waals surface area contributed by atoms with E-state index >= 15 is 0 Å². The fourth-order valence-electron chi connectivity index (χ4n) is 3.76. The Morgan fingerprint density at radius 2 is 2.16 bits per heavy atom. The Morgan fingerprint density at radius 3 is 2.96 bits per heavy atom. The quantitative estimate of drug-likeness (QED) is 0.559. The van der Waals surface area contributed by atoms with Crippen LogP contribution in [0.3, 0.4) is 0 Å². The Hall–Kier alpha value is -2.01. The molecule has 136 valence electrons. The second kappa shape index (κ2) is 8.90. The molecule has 1 unspecified atom stereocenters. The third-order valence-electron chi connectivity index (χ3n) is 5.17. The lowest BCUT2D eigenvalue weighted by atomic mass is 10.0. The van der Waals surface area contributed by atoms with Crippen LogP contribution in [0, 0.1) is 0 Å². The van der Waals surface area contributed by atoms with Gasteiger partial charge in [-0.1, -0.05) is 31.5 Å². The summed E-state index contributed by atoms with van der Waals surface area (Å²) in [7, 11) is 1.83. The molecule has 0 amide bonds. The zero-order chi connectivity index (χ0) is 17.5. The molecule has 0 spiro atoms. The number of nitrogens with one attached hydrogen (secondary N) is 3. The van der Waals surface area contributed by atoms with E-state index in [1.165, 1.54) is 48.8 Å². The molecule has 2 aromatic rings. The SMILES string of the molecule is CCC1CCCCN1CCNC(=NC)NCc1cc2ccccc2[nH]1. The lowest BCUT2D eigenvalue weighted by Crippen LogP contribution is -2.45. The van der Waals surface area contributed by atoms with E-state index in [1.807, 2.05) is 7.05 Å². The van der Waals surface area contributed by atoms with Gasteiger partial charge in [0.2, 0.25) is 0 Å². The van der Waals surface area contributed by atoms with Gasteiger partial charge in [-0.3, -0.25) is 9.89 Å². The van der Waals surface area contributed by atoms with Crippen LogP contribution >= 0.6 is 0 Å². The van der Waals surface area contributed by atoms with Crippen LogP contribution in [0.5, 0.6) is 0 Å². The van der Waals surface area contributed by atoms with Crippen LogP contribution in [-0.2, 0) is 6.54 Å². The minimum absolute atomic E-state index is 0.746. The fraction of sp³-hybridized carbons (Fsp3) is 0.550. The fourth-order valence-corrected chi connectivity index (χ4v) is 3.76. The number of guanidine groups is 1. The number of H-pyrrole nitrogens is 1. The molecule has 3 N–H and O–H groups in total. The summed E-state index contributed by atoms with van der Waals surface area (Å²) in [6.07, 6.45) is 5.33. The minimum Gasteiger partial charge on any atom is -0.357 e. The lowest BCUT2D eigenvalue weighted by molar-refractivity contribution is 0.147. The van der Waals surface area contributed by atoms with Gasteiger partial charge in [0, 0.05) is 37.4 Å². The van der Waals surface area contributed by atoms with Gasteiger partial charge in [0.25, 0.3) is 0 Å². The highest BCUT2D eigenvalue weighted by Crippen LogP contribution is 2.18. The molecule has 5 nitrogen and oxygen atoms in total. The number of para-hydroxylation sites is 1. The van der Waals surface area contributed by atoms with E-state index in [-0.39, 0.29) is 0 Å². The van der Waals surface area contributed by atoms with Gasteiger partial charge in [-0.05, 0) is 43.3 Å². The Balaban J connectivity index is 1.44. The third kappa shape index (κ3) is 4.75. The molecule has 1 aromatic carbocycles. The Kier molecular flexibility index (Phi) is 6.34. The second-order valence-corrected chi connectivity index (χ2v) is 6.83. The first-order valence-corrected chi connectivity index (χ1v) is 9.55. The molecule has 0 saturated carbocycles. The Labute approximate surface area is 150 Å². The maximum absolute atomic E-state index is 4.34. The van der Waals surface area contributed by atoms with Gasteiger partial charge in [0.1, 0.15) is 0 Å². The third-order valence-corrected chi connectivity index (χ3v) is 5.17. The number of rotatable bonds is 6. The topological polar surface area (TPSA) is 55.4 Å². The maximum atomic E-state index is 4.34. The van der Waals surface area contributed by atoms with Crippen molar-refractivity contribution in [2.45, 2.75) is 45.2 Å². The van der Waals surface area contributed by atoms with Gasteiger partial charge in [-0.25, -0.2) is 0 Å². The minimum atomic E-state index is 0.746. The summed E-state index contributed by atoms with van der Waals surface area (Å²) in [6, 6.07) is 11.3. The summed E-state index contributed by atoms with van der Waals surface area (Å²) in [4.78, 5) is 10.4. The van der Waals surface area contributed by atoms with Crippen molar-refractivity contribution in [1.29, 1.82) is 0 Å². The van der Waals surface area contributed by atoms with Crippen molar-refractivity contribution in [3.05, 3.63) is 36.0 Å². The van der Waals surface area contributed by atoms with Crippen molar-refractivity contribution in [3.8, 4) is 0 Å². The molecule has 1 saturated heterocycles. The molecule has 1 atom stereocenters. The van der Waals surface area contributed by atoms with Crippen LogP contribution in [0.15, 0.2) is 35.3 Å².